The van der Waals surface area contributed by atoms with Gasteiger partial charge < -0.3 is 15.0 Å². The van der Waals surface area contributed by atoms with Crippen LogP contribution in [0.25, 0.3) is 0 Å². The van der Waals surface area contributed by atoms with Gasteiger partial charge in [-0.15, -0.1) is 0 Å². The molecular formula is C22H24N2O3. The number of hydrogen-bond acceptors (Lipinski definition) is 3. The van der Waals surface area contributed by atoms with E-state index >= 15 is 0 Å². The Hall–Kier alpha value is -2.82. The standard InChI is InChI=1S/C22H24N2O3/c1-27-19-10-8-18(9-11-19)24-15-16(14-20(24)25)21(26)23-22(12-5-13-22)17-6-3-2-4-7-17/h2-4,6-11,16H,5,12-15H2,1H3,(H,23,26). The molecule has 1 aliphatic carbocycles. The van der Waals surface area contributed by atoms with E-state index in [1.54, 1.807) is 12.0 Å². The van der Waals surface area contributed by atoms with Crippen molar-refractivity contribution in [3.63, 3.8) is 0 Å². The second kappa shape index (κ2) is 7.06. The Morgan fingerprint density at radius 3 is 2.41 bits per heavy atom. The molecule has 1 N–H and O–H groups in total. The van der Waals surface area contributed by atoms with Crippen LogP contribution < -0.4 is 15.0 Å². The van der Waals surface area contributed by atoms with E-state index in [9.17, 15) is 9.59 Å². The molecule has 2 amide bonds. The van der Waals surface area contributed by atoms with Gasteiger partial charge in [-0.1, -0.05) is 30.3 Å². The van der Waals surface area contributed by atoms with Gasteiger partial charge in [0, 0.05) is 18.7 Å². The second-order valence-corrected chi connectivity index (χ2v) is 7.39. The summed E-state index contributed by atoms with van der Waals surface area (Å²) in [7, 11) is 1.61. The fraction of sp³-hybridized carbons (Fsp3) is 0.364. The number of amides is 2. The summed E-state index contributed by atoms with van der Waals surface area (Å²) in [5.41, 5.74) is 1.69. The zero-order valence-electron chi connectivity index (χ0n) is 15.5. The summed E-state index contributed by atoms with van der Waals surface area (Å²) < 4.78 is 5.17. The normalized spacial score (nSPS) is 20.9. The molecule has 140 valence electrons. The molecule has 4 rings (SSSR count). The molecule has 1 saturated carbocycles. The number of ether oxygens (including phenoxy) is 1. The third-order valence-corrected chi connectivity index (χ3v) is 5.78. The molecule has 27 heavy (non-hydrogen) atoms. The molecule has 1 aliphatic heterocycles. The van der Waals surface area contributed by atoms with E-state index < -0.39 is 0 Å². The lowest BCUT2D eigenvalue weighted by molar-refractivity contribution is -0.129. The van der Waals surface area contributed by atoms with Crippen LogP contribution in [-0.2, 0) is 15.1 Å². The Morgan fingerprint density at radius 2 is 1.81 bits per heavy atom. The number of carbonyl (C=O) groups excluding carboxylic acids is 2. The summed E-state index contributed by atoms with van der Waals surface area (Å²) in [6, 6.07) is 17.5. The average molecular weight is 364 g/mol. The highest BCUT2D eigenvalue weighted by Gasteiger charge is 2.43. The maximum absolute atomic E-state index is 12.9. The molecule has 1 heterocycles. The van der Waals surface area contributed by atoms with Gasteiger partial charge in [0.15, 0.2) is 0 Å². The van der Waals surface area contributed by atoms with Crippen molar-refractivity contribution in [2.45, 2.75) is 31.2 Å². The van der Waals surface area contributed by atoms with Crippen molar-refractivity contribution in [1.29, 1.82) is 0 Å². The van der Waals surface area contributed by atoms with Crippen LogP contribution in [0.5, 0.6) is 5.75 Å². The first-order valence-electron chi connectivity index (χ1n) is 9.43. The van der Waals surface area contributed by atoms with Gasteiger partial charge in [-0.3, -0.25) is 9.59 Å². The maximum atomic E-state index is 12.9. The summed E-state index contributed by atoms with van der Waals surface area (Å²) in [5, 5.41) is 3.26. The predicted octanol–water partition coefficient (Wildman–Crippen LogP) is 3.24. The minimum absolute atomic E-state index is 0.0114. The number of rotatable bonds is 5. The number of carbonyl (C=O) groups is 2. The van der Waals surface area contributed by atoms with Gasteiger partial charge in [-0.2, -0.15) is 0 Å². The number of methoxy groups -OCH3 is 1. The van der Waals surface area contributed by atoms with Crippen LogP contribution in [0.3, 0.4) is 0 Å². The molecule has 0 radical (unpaired) electrons. The monoisotopic (exact) mass is 364 g/mol. The fourth-order valence-corrected chi connectivity index (χ4v) is 4.01. The van der Waals surface area contributed by atoms with Gasteiger partial charge in [0.25, 0.3) is 0 Å². The van der Waals surface area contributed by atoms with Crippen molar-refractivity contribution in [1.82, 2.24) is 5.32 Å². The third kappa shape index (κ3) is 3.29. The fourth-order valence-electron chi connectivity index (χ4n) is 4.01. The van der Waals surface area contributed by atoms with Crippen LogP contribution >= 0.6 is 0 Å². The summed E-state index contributed by atoms with van der Waals surface area (Å²) in [5.74, 6) is 0.390. The van der Waals surface area contributed by atoms with Gasteiger partial charge in [-0.25, -0.2) is 0 Å². The lowest BCUT2D eigenvalue weighted by atomic mass is 9.71. The Kier molecular flexibility index (Phi) is 4.60. The Bertz CT molecular complexity index is 828. The highest BCUT2D eigenvalue weighted by molar-refractivity contribution is 6.00. The van der Waals surface area contributed by atoms with Crippen molar-refractivity contribution in [3.8, 4) is 5.75 Å². The summed E-state index contributed by atoms with van der Waals surface area (Å²) in [6.07, 6.45) is 3.26. The lowest BCUT2D eigenvalue weighted by Gasteiger charge is -2.43. The number of nitrogens with zero attached hydrogens (tertiary/aromatic N) is 1. The smallest absolute Gasteiger partial charge is 0.227 e. The van der Waals surface area contributed by atoms with Gasteiger partial charge in [0.05, 0.1) is 18.6 Å². The topological polar surface area (TPSA) is 58.6 Å². The first-order chi connectivity index (χ1) is 13.1. The van der Waals surface area contributed by atoms with E-state index in [0.717, 1.165) is 36.3 Å². The molecule has 0 spiro atoms. The quantitative estimate of drug-likeness (QED) is 0.886. The minimum Gasteiger partial charge on any atom is -0.497 e. The first kappa shape index (κ1) is 17.6. The molecule has 2 aliphatic rings. The van der Waals surface area contributed by atoms with E-state index in [4.69, 9.17) is 4.74 Å². The molecule has 2 fully saturated rings. The van der Waals surface area contributed by atoms with Gasteiger partial charge in [-0.05, 0) is 49.1 Å². The van der Waals surface area contributed by atoms with Crippen LogP contribution in [0, 0.1) is 5.92 Å². The van der Waals surface area contributed by atoms with Crippen LogP contribution in [0.4, 0.5) is 5.69 Å². The second-order valence-electron chi connectivity index (χ2n) is 7.39. The van der Waals surface area contributed by atoms with Crippen molar-refractivity contribution in [2.24, 2.45) is 5.92 Å². The van der Waals surface area contributed by atoms with Gasteiger partial charge >= 0.3 is 0 Å². The Labute approximate surface area is 159 Å². The molecule has 2 aromatic carbocycles. The average Bonchev–Trinajstić information content (AvgIpc) is 3.07. The first-order valence-corrected chi connectivity index (χ1v) is 9.43. The Balaban J connectivity index is 1.46. The maximum Gasteiger partial charge on any atom is 0.227 e. The molecule has 0 bridgehead atoms. The minimum atomic E-state index is -0.319. The number of nitrogens with one attached hydrogen (secondary N) is 1. The number of hydrogen-bond donors (Lipinski definition) is 1. The molecule has 1 saturated heterocycles. The number of anilines is 1. The highest BCUT2D eigenvalue weighted by atomic mass is 16.5. The van der Waals surface area contributed by atoms with Crippen molar-refractivity contribution in [2.75, 3.05) is 18.6 Å². The zero-order valence-corrected chi connectivity index (χ0v) is 15.5. The highest BCUT2D eigenvalue weighted by Crippen LogP contribution is 2.41. The molecule has 5 heteroatoms. The van der Waals surface area contributed by atoms with E-state index in [1.807, 2.05) is 42.5 Å². The molecular weight excluding hydrogens is 340 g/mol. The van der Waals surface area contributed by atoms with Gasteiger partial charge in [0.1, 0.15) is 5.75 Å². The van der Waals surface area contributed by atoms with Crippen LogP contribution in [0.1, 0.15) is 31.2 Å². The van der Waals surface area contributed by atoms with E-state index in [0.29, 0.717) is 6.54 Å². The lowest BCUT2D eigenvalue weighted by Crippen LogP contribution is -2.52. The van der Waals surface area contributed by atoms with Crippen LogP contribution in [0.15, 0.2) is 54.6 Å². The van der Waals surface area contributed by atoms with E-state index in [-0.39, 0.29) is 29.7 Å². The molecule has 1 atom stereocenters. The van der Waals surface area contributed by atoms with E-state index in [1.165, 1.54) is 0 Å². The summed E-state index contributed by atoms with van der Waals surface area (Å²) in [4.78, 5) is 27.1. The van der Waals surface area contributed by atoms with E-state index in [2.05, 4.69) is 17.4 Å². The predicted molar refractivity (Wildman–Crippen MR) is 104 cm³/mol. The van der Waals surface area contributed by atoms with Crippen molar-refractivity contribution >= 4 is 17.5 Å². The van der Waals surface area contributed by atoms with Crippen LogP contribution in [0.2, 0.25) is 0 Å². The zero-order chi connectivity index (χ0) is 18.9. The van der Waals surface area contributed by atoms with Crippen LogP contribution in [-0.4, -0.2) is 25.5 Å². The molecule has 0 aromatic heterocycles. The molecule has 5 nitrogen and oxygen atoms in total. The third-order valence-electron chi connectivity index (χ3n) is 5.78. The number of benzene rings is 2. The summed E-state index contributed by atoms with van der Waals surface area (Å²) >= 11 is 0. The largest absolute Gasteiger partial charge is 0.497 e. The molecule has 1 unspecified atom stereocenters. The van der Waals surface area contributed by atoms with Crippen molar-refractivity contribution < 1.29 is 14.3 Å². The molecule has 2 aromatic rings. The Morgan fingerprint density at radius 1 is 1.11 bits per heavy atom. The van der Waals surface area contributed by atoms with Crippen molar-refractivity contribution in [3.05, 3.63) is 60.2 Å². The van der Waals surface area contributed by atoms with Gasteiger partial charge in [0.2, 0.25) is 11.8 Å². The summed E-state index contributed by atoms with van der Waals surface area (Å²) in [6.45, 7) is 0.419. The SMILES string of the molecule is COc1ccc(N2CC(C(=O)NC3(c4ccccc4)CCC3)CC2=O)cc1.